The maximum Gasteiger partial charge on any atom is 0.251 e. The Labute approximate surface area is 213 Å². The number of thioether (sulfide) groups is 1. The molecule has 1 fully saturated rings. The third-order valence-electron chi connectivity index (χ3n) is 6.11. The van der Waals surface area contributed by atoms with Crippen LogP contribution in [-0.4, -0.2) is 62.5 Å². The van der Waals surface area contributed by atoms with Gasteiger partial charge >= 0.3 is 0 Å². The Balaban J connectivity index is 1.52. The molecule has 1 aliphatic heterocycles. The second-order valence-electron chi connectivity index (χ2n) is 8.17. The summed E-state index contributed by atoms with van der Waals surface area (Å²) >= 11 is 3.22. The van der Waals surface area contributed by atoms with Crippen LogP contribution in [0, 0.1) is 5.92 Å². The molecule has 0 N–H and O–H groups in total. The Morgan fingerprint density at radius 2 is 1.74 bits per heavy atom. The Morgan fingerprint density at radius 1 is 1.09 bits per heavy atom. The maximum atomic E-state index is 13.1. The highest BCUT2D eigenvalue weighted by Crippen LogP contribution is 2.27. The first-order valence-corrected chi connectivity index (χ1v) is 14.9. The number of hydrogen-bond donors (Lipinski definition) is 0. The van der Waals surface area contributed by atoms with Gasteiger partial charge in [0.2, 0.25) is 10.0 Å². The molecule has 0 aliphatic carbocycles. The van der Waals surface area contributed by atoms with E-state index < -0.39 is 10.0 Å². The molecule has 8 nitrogen and oxygen atoms in total. The molecule has 1 aromatic heterocycles. The fraction of sp³-hybridized carbons (Fsp3) is 0.417. The van der Waals surface area contributed by atoms with Gasteiger partial charge in [-0.05, 0) is 55.5 Å². The number of carbonyl (C=O) groups is 1. The largest absolute Gasteiger partial charge is 0.497 e. The van der Waals surface area contributed by atoms with E-state index in [-0.39, 0.29) is 29.8 Å². The van der Waals surface area contributed by atoms with Crippen LogP contribution in [0.2, 0.25) is 0 Å². The van der Waals surface area contributed by atoms with Crippen molar-refractivity contribution in [2.45, 2.75) is 24.3 Å². The molecule has 1 amide bonds. The number of aromatic nitrogens is 1. The van der Waals surface area contributed by atoms with Crippen molar-refractivity contribution < 1.29 is 22.7 Å². The van der Waals surface area contributed by atoms with Crippen LogP contribution in [-0.2, 0) is 21.4 Å². The molecule has 0 saturated carbocycles. The third-order valence-corrected chi connectivity index (χ3v) is 9.68. The van der Waals surface area contributed by atoms with E-state index in [1.807, 2.05) is 24.5 Å². The molecule has 0 bridgehead atoms. The van der Waals surface area contributed by atoms with E-state index in [1.54, 1.807) is 43.1 Å². The predicted octanol–water partition coefficient (Wildman–Crippen LogP) is 3.61. The summed E-state index contributed by atoms with van der Waals surface area (Å²) in [4.78, 5) is 18.5. The number of thiazole rings is 1. The zero-order valence-corrected chi connectivity index (χ0v) is 22.4. The van der Waals surface area contributed by atoms with Crippen LogP contribution in [0.4, 0.5) is 0 Å². The van der Waals surface area contributed by atoms with Gasteiger partial charge in [-0.3, -0.25) is 4.79 Å². The van der Waals surface area contributed by atoms with Crippen molar-refractivity contribution in [3.8, 4) is 11.5 Å². The van der Waals surface area contributed by atoms with E-state index in [0.29, 0.717) is 23.4 Å². The average molecular weight is 536 g/mol. The fourth-order valence-corrected chi connectivity index (χ4v) is 6.96. The summed E-state index contributed by atoms with van der Waals surface area (Å²) in [5.41, 5.74) is 0.996. The van der Waals surface area contributed by atoms with Gasteiger partial charge in [0.25, 0.3) is 5.91 Å². The van der Waals surface area contributed by atoms with Gasteiger partial charge in [-0.1, -0.05) is 11.3 Å². The molecule has 11 heteroatoms. The molecular weight excluding hydrogens is 506 g/mol. The summed E-state index contributed by atoms with van der Waals surface area (Å²) in [5, 5.41) is 0. The van der Waals surface area contributed by atoms with Crippen LogP contribution >= 0.6 is 23.1 Å². The fourth-order valence-electron chi connectivity index (χ4n) is 4.09. The number of methoxy groups -OCH3 is 2. The Morgan fingerprint density at radius 3 is 2.37 bits per heavy atom. The van der Waals surface area contributed by atoms with Gasteiger partial charge in [-0.15, -0.1) is 0 Å². The number of fused-ring (bicyclic) bond motifs is 1. The minimum absolute atomic E-state index is 0.192. The minimum atomic E-state index is -3.62. The summed E-state index contributed by atoms with van der Waals surface area (Å²) < 4.78 is 41.1. The number of sulfonamides is 1. The van der Waals surface area contributed by atoms with E-state index in [4.69, 9.17) is 9.47 Å². The van der Waals surface area contributed by atoms with Crippen LogP contribution in [0.15, 0.2) is 52.4 Å². The molecule has 0 unspecified atom stereocenters. The van der Waals surface area contributed by atoms with Crippen molar-refractivity contribution >= 4 is 49.2 Å². The number of amides is 1. The summed E-state index contributed by atoms with van der Waals surface area (Å²) in [6.45, 7) is 1.31. The Hall–Kier alpha value is -2.34. The number of aryl methyl sites for hydroxylation is 1. The molecule has 1 aliphatic rings. The summed E-state index contributed by atoms with van der Waals surface area (Å²) in [7, 11) is -0.444. The highest BCUT2D eigenvalue weighted by molar-refractivity contribution is 7.98. The maximum absolute atomic E-state index is 13.1. The van der Waals surface area contributed by atoms with E-state index >= 15 is 0 Å². The summed E-state index contributed by atoms with van der Waals surface area (Å²) in [6, 6.07) is 12.2. The lowest BCUT2D eigenvalue weighted by Gasteiger charge is -2.29. The van der Waals surface area contributed by atoms with Crippen molar-refractivity contribution in [1.29, 1.82) is 0 Å². The van der Waals surface area contributed by atoms with Gasteiger partial charge < -0.3 is 14.0 Å². The summed E-state index contributed by atoms with van der Waals surface area (Å²) in [6.07, 6.45) is 2.94. The molecule has 0 spiro atoms. The quantitative estimate of drug-likeness (QED) is 0.438. The molecule has 4 rings (SSSR count). The van der Waals surface area contributed by atoms with E-state index in [9.17, 15) is 13.2 Å². The number of nitrogens with zero attached hydrogens (tertiary/aromatic N) is 3. The lowest BCUT2D eigenvalue weighted by Crippen LogP contribution is -2.40. The van der Waals surface area contributed by atoms with Gasteiger partial charge in [-0.25, -0.2) is 8.42 Å². The van der Waals surface area contributed by atoms with Crippen molar-refractivity contribution in [1.82, 2.24) is 8.87 Å². The second-order valence-corrected chi connectivity index (χ2v) is 12.1. The number of rotatable bonds is 8. The molecular formula is C24H29N3O5S3. The number of ether oxygens (including phenoxy) is 2. The second kappa shape index (κ2) is 11.2. The van der Waals surface area contributed by atoms with E-state index in [0.717, 1.165) is 28.3 Å². The first-order valence-electron chi connectivity index (χ1n) is 11.3. The van der Waals surface area contributed by atoms with Crippen molar-refractivity contribution in [3.63, 3.8) is 0 Å². The number of hydrogen-bond acceptors (Lipinski definition) is 7. The molecule has 2 heterocycles. The monoisotopic (exact) mass is 535 g/mol. The first kappa shape index (κ1) is 25.7. The lowest BCUT2D eigenvalue weighted by atomic mass is 9.98. The highest BCUT2D eigenvalue weighted by atomic mass is 32.2. The van der Waals surface area contributed by atoms with Gasteiger partial charge in [0, 0.05) is 37.4 Å². The molecule has 2 aromatic carbocycles. The van der Waals surface area contributed by atoms with Crippen LogP contribution in [0.3, 0.4) is 0 Å². The third kappa shape index (κ3) is 5.58. The lowest BCUT2D eigenvalue weighted by molar-refractivity contribution is -0.122. The van der Waals surface area contributed by atoms with Gasteiger partial charge in [0.1, 0.15) is 11.5 Å². The predicted molar refractivity (Wildman–Crippen MR) is 140 cm³/mol. The van der Waals surface area contributed by atoms with Gasteiger partial charge in [0.15, 0.2) is 4.80 Å². The first-order chi connectivity index (χ1) is 16.9. The molecule has 35 heavy (non-hydrogen) atoms. The van der Waals surface area contributed by atoms with Gasteiger partial charge in [0.05, 0.1) is 29.3 Å². The number of benzene rings is 2. The van der Waals surface area contributed by atoms with E-state index in [1.165, 1.54) is 22.8 Å². The van der Waals surface area contributed by atoms with Crippen molar-refractivity contribution in [3.05, 3.63) is 47.3 Å². The molecule has 0 radical (unpaired) electrons. The molecule has 1 saturated heterocycles. The number of carbonyl (C=O) groups excluding carboxylic acids is 1. The zero-order valence-electron chi connectivity index (χ0n) is 20.0. The van der Waals surface area contributed by atoms with Crippen molar-refractivity contribution in [2.75, 3.05) is 39.3 Å². The summed E-state index contributed by atoms with van der Waals surface area (Å²) in [5.74, 6) is 1.77. The normalized spacial score (nSPS) is 16.0. The highest BCUT2D eigenvalue weighted by Gasteiger charge is 2.32. The smallest absolute Gasteiger partial charge is 0.251 e. The van der Waals surface area contributed by atoms with Gasteiger partial charge in [-0.2, -0.15) is 21.1 Å². The Bertz CT molecular complexity index is 1360. The SMILES string of the molecule is COc1ccc(S(=O)(=O)N2CCC(C(=O)N=c3sc4ccc(OC)cc4n3CCSC)CC2)cc1. The minimum Gasteiger partial charge on any atom is -0.497 e. The standard InChI is InChI=1S/C24H29N3O5S3/c1-31-18-4-7-20(8-5-18)35(29,30)26-12-10-17(11-13-26)23(28)25-24-27(14-15-33-3)21-16-19(32-2)6-9-22(21)34-24/h4-9,16-17H,10-15H2,1-3H3. The molecule has 0 atom stereocenters. The van der Waals surface area contributed by atoms with Crippen LogP contribution in [0.5, 0.6) is 11.5 Å². The van der Waals surface area contributed by atoms with Crippen LogP contribution in [0.1, 0.15) is 12.8 Å². The van der Waals surface area contributed by atoms with Crippen LogP contribution in [0.25, 0.3) is 10.2 Å². The number of piperidine rings is 1. The van der Waals surface area contributed by atoms with Crippen molar-refractivity contribution in [2.24, 2.45) is 10.9 Å². The molecule has 3 aromatic rings. The topological polar surface area (TPSA) is 90.2 Å². The average Bonchev–Trinajstić information content (AvgIpc) is 3.23. The van der Waals surface area contributed by atoms with Crippen LogP contribution < -0.4 is 14.3 Å². The Kier molecular flexibility index (Phi) is 8.20. The van der Waals surface area contributed by atoms with E-state index in [2.05, 4.69) is 9.56 Å². The zero-order chi connectivity index (χ0) is 25.0. The molecule has 188 valence electrons.